The first kappa shape index (κ1) is 15.4. The van der Waals surface area contributed by atoms with Crippen LogP contribution in [0.25, 0.3) is 0 Å². The Bertz CT molecular complexity index is 377. The van der Waals surface area contributed by atoms with Crippen molar-refractivity contribution in [1.29, 1.82) is 0 Å². The zero-order valence-corrected chi connectivity index (χ0v) is 12.9. The summed E-state index contributed by atoms with van der Waals surface area (Å²) in [7, 11) is 0. The Morgan fingerprint density at radius 1 is 1.44 bits per heavy atom. The maximum atomic E-state index is 11.5. The topological polar surface area (TPSA) is 33.2 Å². The van der Waals surface area contributed by atoms with Crippen LogP contribution in [0, 0.1) is 5.92 Å². The maximum absolute atomic E-state index is 11.5. The zero-order chi connectivity index (χ0) is 13.5. The number of carbonyl (C=O) groups excluding carboxylic acids is 1. The molecule has 0 aliphatic rings. The molecule has 0 fully saturated rings. The number of alkyl halides is 1. The van der Waals surface area contributed by atoms with Crippen molar-refractivity contribution in [3.05, 3.63) is 11.1 Å². The molecule has 0 unspecified atom stereocenters. The summed E-state index contributed by atoms with van der Waals surface area (Å²) >= 11 is 7.06. The third-order valence-electron chi connectivity index (χ3n) is 3.18. The molecule has 0 radical (unpaired) electrons. The van der Waals surface area contributed by atoms with Gasteiger partial charge >= 0.3 is 0 Å². The van der Waals surface area contributed by atoms with E-state index in [9.17, 15) is 4.79 Å². The van der Waals surface area contributed by atoms with Crippen LogP contribution in [0.3, 0.4) is 0 Å². The number of hydrogen-bond donors (Lipinski definition) is 0. The van der Waals surface area contributed by atoms with Crippen molar-refractivity contribution in [2.45, 2.75) is 33.6 Å². The Labute approximate surface area is 118 Å². The van der Waals surface area contributed by atoms with E-state index in [2.05, 4.69) is 30.7 Å². The number of rotatable bonds is 8. The highest BCUT2D eigenvalue weighted by molar-refractivity contribution is 7.14. The smallest absolute Gasteiger partial charge is 0.196 e. The van der Waals surface area contributed by atoms with Crippen LogP contribution in [0.5, 0.6) is 0 Å². The Hall–Kier alpha value is -0.610. The molecule has 0 bridgehead atoms. The van der Waals surface area contributed by atoms with E-state index >= 15 is 0 Å². The minimum atomic E-state index is -0.0993. The molecule has 3 nitrogen and oxygen atoms in total. The zero-order valence-electron chi connectivity index (χ0n) is 11.3. The van der Waals surface area contributed by atoms with Gasteiger partial charge in [0.05, 0.1) is 5.88 Å². The Kier molecular flexibility index (Phi) is 6.65. The Balaban J connectivity index is 2.76. The van der Waals surface area contributed by atoms with Gasteiger partial charge in [0.15, 0.2) is 10.9 Å². The summed E-state index contributed by atoms with van der Waals surface area (Å²) in [5.41, 5.74) is 0.494. The van der Waals surface area contributed by atoms with Gasteiger partial charge in [-0.1, -0.05) is 26.7 Å². The predicted molar refractivity (Wildman–Crippen MR) is 79.1 cm³/mol. The van der Waals surface area contributed by atoms with Crippen LogP contribution in [0.4, 0.5) is 5.13 Å². The van der Waals surface area contributed by atoms with Gasteiger partial charge in [-0.2, -0.15) is 0 Å². The van der Waals surface area contributed by atoms with Gasteiger partial charge in [0.25, 0.3) is 0 Å². The molecule has 0 amide bonds. The summed E-state index contributed by atoms with van der Waals surface area (Å²) in [6, 6.07) is 0. The molecule has 0 N–H and O–H groups in total. The molecule has 1 aromatic heterocycles. The molecule has 0 saturated carbocycles. The van der Waals surface area contributed by atoms with Gasteiger partial charge < -0.3 is 4.90 Å². The molecule has 5 heteroatoms. The minimum Gasteiger partial charge on any atom is -0.348 e. The van der Waals surface area contributed by atoms with Gasteiger partial charge in [-0.25, -0.2) is 4.98 Å². The molecule has 0 aliphatic carbocycles. The molecule has 1 aromatic rings. The molecule has 0 atom stereocenters. The Morgan fingerprint density at radius 3 is 2.61 bits per heavy atom. The SMILES string of the molecule is CCC(CC)CN(CC)c1nc(C(=O)CCl)cs1. The second-order valence-electron chi connectivity index (χ2n) is 4.29. The van der Waals surface area contributed by atoms with Gasteiger partial charge in [0.1, 0.15) is 5.69 Å². The lowest BCUT2D eigenvalue weighted by Crippen LogP contribution is -2.28. The first-order chi connectivity index (χ1) is 8.65. The van der Waals surface area contributed by atoms with Crippen LogP contribution < -0.4 is 4.90 Å². The quantitative estimate of drug-likeness (QED) is 0.538. The molecular weight excluding hydrogens is 268 g/mol. The second kappa shape index (κ2) is 7.74. The summed E-state index contributed by atoms with van der Waals surface area (Å²) in [5, 5.41) is 2.73. The highest BCUT2D eigenvalue weighted by Gasteiger charge is 2.16. The average Bonchev–Trinajstić information content (AvgIpc) is 2.89. The fourth-order valence-electron chi connectivity index (χ4n) is 1.81. The van der Waals surface area contributed by atoms with Crippen molar-refractivity contribution in [2.24, 2.45) is 5.92 Å². The number of halogens is 1. The summed E-state index contributed by atoms with van der Waals surface area (Å²) in [5.74, 6) is 0.584. The highest BCUT2D eigenvalue weighted by Crippen LogP contribution is 2.23. The molecule has 0 spiro atoms. The van der Waals surface area contributed by atoms with Gasteiger partial charge in [0.2, 0.25) is 0 Å². The molecule has 18 heavy (non-hydrogen) atoms. The van der Waals surface area contributed by atoms with Crippen molar-refractivity contribution in [3.63, 3.8) is 0 Å². The van der Waals surface area contributed by atoms with Crippen molar-refractivity contribution in [1.82, 2.24) is 4.98 Å². The lowest BCUT2D eigenvalue weighted by molar-refractivity contribution is 0.101. The molecule has 0 aromatic carbocycles. The monoisotopic (exact) mass is 288 g/mol. The van der Waals surface area contributed by atoms with Crippen molar-refractivity contribution >= 4 is 33.9 Å². The lowest BCUT2D eigenvalue weighted by Gasteiger charge is -2.24. The number of hydrogen-bond acceptors (Lipinski definition) is 4. The lowest BCUT2D eigenvalue weighted by atomic mass is 10.0. The minimum absolute atomic E-state index is 0.00183. The number of Topliss-reactive ketones (excluding diaryl/α,β-unsaturated/α-hetero) is 1. The van der Waals surface area contributed by atoms with Crippen molar-refractivity contribution < 1.29 is 4.79 Å². The normalized spacial score (nSPS) is 10.9. The van der Waals surface area contributed by atoms with Crippen LogP contribution >= 0.6 is 22.9 Å². The van der Waals surface area contributed by atoms with Crippen LogP contribution in [-0.4, -0.2) is 29.7 Å². The fraction of sp³-hybridized carbons (Fsp3) is 0.692. The molecule has 0 saturated heterocycles. The van der Waals surface area contributed by atoms with Gasteiger partial charge in [-0.3, -0.25) is 4.79 Å². The van der Waals surface area contributed by atoms with E-state index in [-0.39, 0.29) is 11.7 Å². The molecule has 0 aliphatic heterocycles. The van der Waals surface area contributed by atoms with Crippen LogP contribution in [0.15, 0.2) is 5.38 Å². The van der Waals surface area contributed by atoms with Gasteiger partial charge in [-0.05, 0) is 12.8 Å². The highest BCUT2D eigenvalue weighted by atomic mass is 35.5. The van der Waals surface area contributed by atoms with E-state index < -0.39 is 0 Å². The predicted octanol–water partition coefficient (Wildman–Crippen LogP) is 3.83. The number of carbonyl (C=O) groups is 1. The third-order valence-corrected chi connectivity index (χ3v) is 4.33. The van der Waals surface area contributed by atoms with E-state index in [1.807, 2.05) is 0 Å². The van der Waals surface area contributed by atoms with E-state index in [1.165, 1.54) is 24.2 Å². The van der Waals surface area contributed by atoms with E-state index in [1.54, 1.807) is 5.38 Å². The van der Waals surface area contributed by atoms with E-state index in [0.717, 1.165) is 18.2 Å². The van der Waals surface area contributed by atoms with Crippen LogP contribution in [0.2, 0.25) is 0 Å². The second-order valence-corrected chi connectivity index (χ2v) is 5.40. The number of thiazole rings is 1. The standard InChI is InChI=1S/C13H21ClN2OS/c1-4-10(5-2)8-16(6-3)13-15-11(9-18-13)12(17)7-14/h9-10H,4-8H2,1-3H3. The maximum Gasteiger partial charge on any atom is 0.196 e. The fourth-order valence-corrected chi connectivity index (χ4v) is 2.85. The number of aromatic nitrogens is 1. The van der Waals surface area contributed by atoms with Crippen LogP contribution in [-0.2, 0) is 0 Å². The van der Waals surface area contributed by atoms with Gasteiger partial charge in [0, 0.05) is 18.5 Å². The average molecular weight is 289 g/mol. The summed E-state index contributed by atoms with van der Waals surface area (Å²) in [6.07, 6.45) is 2.34. The van der Waals surface area contributed by atoms with Gasteiger partial charge in [-0.15, -0.1) is 22.9 Å². The molecule has 102 valence electrons. The molecular formula is C13H21ClN2OS. The number of ketones is 1. The largest absolute Gasteiger partial charge is 0.348 e. The van der Waals surface area contributed by atoms with Crippen molar-refractivity contribution in [3.8, 4) is 0 Å². The first-order valence-corrected chi connectivity index (χ1v) is 7.87. The molecule has 1 heterocycles. The third kappa shape index (κ3) is 3.95. The summed E-state index contributed by atoms with van der Waals surface area (Å²) < 4.78 is 0. The van der Waals surface area contributed by atoms with Crippen LogP contribution in [0.1, 0.15) is 44.1 Å². The summed E-state index contributed by atoms with van der Waals surface area (Å²) in [6.45, 7) is 8.47. The summed E-state index contributed by atoms with van der Waals surface area (Å²) in [4.78, 5) is 18.1. The van der Waals surface area contributed by atoms with E-state index in [4.69, 9.17) is 11.6 Å². The van der Waals surface area contributed by atoms with E-state index in [0.29, 0.717) is 11.6 Å². The first-order valence-electron chi connectivity index (χ1n) is 6.45. The molecule has 1 rings (SSSR count). The van der Waals surface area contributed by atoms with Crippen molar-refractivity contribution in [2.75, 3.05) is 23.9 Å². The number of anilines is 1. The number of nitrogens with zero attached hydrogens (tertiary/aromatic N) is 2. The Morgan fingerprint density at radius 2 is 2.11 bits per heavy atom.